The number of aryl methyl sites for hydroxylation is 2. The predicted molar refractivity (Wildman–Crippen MR) is 119 cm³/mol. The Morgan fingerprint density at radius 1 is 1.12 bits per heavy atom. The molecule has 168 valence electrons. The number of morpholine rings is 1. The van der Waals surface area contributed by atoms with Gasteiger partial charge in [-0.2, -0.15) is 9.40 Å². The van der Waals surface area contributed by atoms with E-state index < -0.39 is 15.9 Å². The van der Waals surface area contributed by atoms with E-state index in [-0.39, 0.29) is 16.3 Å². The van der Waals surface area contributed by atoms with Crippen molar-refractivity contribution in [3.8, 4) is 17.0 Å². The van der Waals surface area contributed by atoms with Crippen molar-refractivity contribution in [1.29, 1.82) is 0 Å². The normalized spacial score (nSPS) is 14.9. The van der Waals surface area contributed by atoms with Gasteiger partial charge in [0.15, 0.2) is 0 Å². The van der Waals surface area contributed by atoms with Crippen LogP contribution in [0, 0.1) is 13.8 Å². The van der Waals surface area contributed by atoms with Gasteiger partial charge in [0, 0.05) is 24.3 Å². The summed E-state index contributed by atoms with van der Waals surface area (Å²) >= 11 is 0. The van der Waals surface area contributed by atoms with Crippen LogP contribution in [0.4, 0.5) is 5.69 Å². The van der Waals surface area contributed by atoms with Gasteiger partial charge in [-0.25, -0.2) is 8.42 Å². The fourth-order valence-electron chi connectivity index (χ4n) is 3.69. The first-order valence-corrected chi connectivity index (χ1v) is 11.5. The van der Waals surface area contributed by atoms with Gasteiger partial charge in [0.2, 0.25) is 10.0 Å². The molecule has 32 heavy (non-hydrogen) atoms. The molecule has 0 bridgehead atoms. The van der Waals surface area contributed by atoms with Gasteiger partial charge in [0.05, 0.1) is 23.8 Å². The quantitative estimate of drug-likeness (QED) is 0.542. The van der Waals surface area contributed by atoms with E-state index in [4.69, 9.17) is 4.74 Å². The van der Waals surface area contributed by atoms with Crippen molar-refractivity contribution in [2.45, 2.75) is 18.7 Å². The Morgan fingerprint density at radius 2 is 1.81 bits per heavy atom. The van der Waals surface area contributed by atoms with Crippen LogP contribution in [0.25, 0.3) is 11.3 Å². The first-order valence-electron chi connectivity index (χ1n) is 10.1. The lowest BCUT2D eigenvalue weighted by molar-refractivity contribution is 0.0730. The van der Waals surface area contributed by atoms with E-state index in [2.05, 4.69) is 15.5 Å². The van der Waals surface area contributed by atoms with Crippen LogP contribution in [0.2, 0.25) is 0 Å². The Kier molecular flexibility index (Phi) is 6.00. The molecule has 1 aliphatic rings. The highest BCUT2D eigenvalue weighted by Gasteiger charge is 2.26. The summed E-state index contributed by atoms with van der Waals surface area (Å²) < 4.78 is 32.0. The lowest BCUT2D eigenvalue weighted by Crippen LogP contribution is -2.40. The van der Waals surface area contributed by atoms with Gasteiger partial charge >= 0.3 is 0 Å². The highest BCUT2D eigenvalue weighted by atomic mass is 32.2. The van der Waals surface area contributed by atoms with Crippen molar-refractivity contribution in [3.05, 3.63) is 59.3 Å². The average molecular weight is 457 g/mol. The molecule has 0 radical (unpaired) electrons. The van der Waals surface area contributed by atoms with Gasteiger partial charge in [-0.15, -0.1) is 0 Å². The number of aromatic hydroxyl groups is 1. The second-order valence-electron chi connectivity index (χ2n) is 7.64. The summed E-state index contributed by atoms with van der Waals surface area (Å²) in [4.78, 5) is 12.8. The zero-order valence-electron chi connectivity index (χ0n) is 17.8. The topological polar surface area (TPSA) is 125 Å². The van der Waals surface area contributed by atoms with Crippen LogP contribution in [-0.4, -0.2) is 60.2 Å². The van der Waals surface area contributed by atoms with E-state index in [1.807, 2.05) is 19.9 Å². The van der Waals surface area contributed by atoms with Gasteiger partial charge in [-0.1, -0.05) is 6.07 Å². The van der Waals surface area contributed by atoms with Crippen LogP contribution < -0.4 is 5.32 Å². The smallest absolute Gasteiger partial charge is 0.273 e. The Morgan fingerprint density at radius 3 is 2.47 bits per heavy atom. The minimum absolute atomic E-state index is 0.0954. The highest BCUT2D eigenvalue weighted by molar-refractivity contribution is 7.89. The van der Waals surface area contributed by atoms with E-state index in [1.54, 1.807) is 24.3 Å². The first kappa shape index (κ1) is 22.0. The van der Waals surface area contributed by atoms with Crippen molar-refractivity contribution in [3.63, 3.8) is 0 Å². The number of carbonyl (C=O) groups excluding carboxylic acids is 1. The minimum Gasteiger partial charge on any atom is -0.507 e. The molecule has 0 atom stereocenters. The molecule has 0 spiro atoms. The maximum absolute atomic E-state index is 12.7. The third-order valence-electron chi connectivity index (χ3n) is 5.26. The molecule has 1 aliphatic heterocycles. The number of nitrogens with zero attached hydrogens (tertiary/aromatic N) is 2. The Hall–Kier alpha value is -3.21. The standard InChI is InChI=1S/C22H24N4O5S/c1-14-11-15(2)21(20(27)12-14)18-13-19(25-24-18)22(28)23-16-3-5-17(6-4-16)32(29,30)26-7-9-31-10-8-26/h3-6,11-13,27H,7-10H2,1-2H3,(H,23,28)(H,24,25). The molecule has 9 nitrogen and oxygen atoms in total. The number of benzene rings is 2. The molecule has 10 heteroatoms. The summed E-state index contributed by atoms with van der Waals surface area (Å²) in [5.41, 5.74) is 3.45. The molecular formula is C22H24N4O5S. The molecule has 1 amide bonds. The molecule has 1 fully saturated rings. The largest absolute Gasteiger partial charge is 0.507 e. The van der Waals surface area contributed by atoms with E-state index >= 15 is 0 Å². The van der Waals surface area contributed by atoms with E-state index in [0.29, 0.717) is 43.2 Å². The number of sulfonamides is 1. The lowest BCUT2D eigenvalue weighted by Gasteiger charge is -2.26. The number of aromatic nitrogens is 2. The Labute approximate surface area is 186 Å². The highest BCUT2D eigenvalue weighted by Crippen LogP contribution is 2.32. The third-order valence-corrected chi connectivity index (χ3v) is 7.17. The number of H-pyrrole nitrogens is 1. The molecule has 3 N–H and O–H groups in total. The van der Waals surface area contributed by atoms with Crippen molar-refractivity contribution in [1.82, 2.24) is 14.5 Å². The number of hydrogen-bond acceptors (Lipinski definition) is 6. The summed E-state index contributed by atoms with van der Waals surface area (Å²) in [6.45, 7) is 5.14. The number of nitrogens with one attached hydrogen (secondary N) is 2. The number of rotatable bonds is 5. The Balaban J connectivity index is 1.48. The average Bonchev–Trinajstić information content (AvgIpc) is 3.24. The van der Waals surface area contributed by atoms with Crippen LogP contribution >= 0.6 is 0 Å². The van der Waals surface area contributed by atoms with E-state index in [1.165, 1.54) is 16.4 Å². The second kappa shape index (κ2) is 8.73. The number of carbonyl (C=O) groups is 1. The molecule has 0 unspecified atom stereocenters. The SMILES string of the molecule is Cc1cc(C)c(-c2cc(C(=O)Nc3ccc(S(=O)(=O)N4CCOCC4)cc3)[nH]n2)c(O)c1. The summed E-state index contributed by atoms with van der Waals surface area (Å²) in [6.07, 6.45) is 0. The van der Waals surface area contributed by atoms with Crippen molar-refractivity contribution in [2.75, 3.05) is 31.6 Å². The van der Waals surface area contributed by atoms with E-state index in [0.717, 1.165) is 11.1 Å². The summed E-state index contributed by atoms with van der Waals surface area (Å²) in [6, 6.07) is 11.1. The molecule has 1 saturated heterocycles. The van der Waals surface area contributed by atoms with Gasteiger partial charge in [0.1, 0.15) is 11.4 Å². The molecular weight excluding hydrogens is 432 g/mol. The van der Waals surface area contributed by atoms with Gasteiger partial charge in [-0.3, -0.25) is 9.89 Å². The maximum Gasteiger partial charge on any atom is 0.273 e. The van der Waals surface area contributed by atoms with E-state index in [9.17, 15) is 18.3 Å². The van der Waals surface area contributed by atoms with Gasteiger partial charge in [0.25, 0.3) is 5.91 Å². The minimum atomic E-state index is -3.60. The maximum atomic E-state index is 12.7. The lowest BCUT2D eigenvalue weighted by atomic mass is 10.0. The number of amides is 1. The fourth-order valence-corrected chi connectivity index (χ4v) is 5.10. The predicted octanol–water partition coefficient (Wildman–Crippen LogP) is 2.67. The summed E-state index contributed by atoms with van der Waals surface area (Å²) in [5, 5.41) is 19.8. The monoisotopic (exact) mass is 456 g/mol. The Bertz CT molecular complexity index is 1220. The first-order chi connectivity index (χ1) is 15.3. The number of phenols is 1. The second-order valence-corrected chi connectivity index (χ2v) is 9.58. The van der Waals surface area contributed by atoms with Crippen molar-refractivity contribution in [2.24, 2.45) is 0 Å². The molecule has 4 rings (SSSR count). The summed E-state index contributed by atoms with van der Waals surface area (Å²) in [5.74, 6) is -0.338. The van der Waals surface area contributed by atoms with Crippen LogP contribution in [0.3, 0.4) is 0 Å². The summed E-state index contributed by atoms with van der Waals surface area (Å²) in [7, 11) is -3.60. The number of phenolic OH excluding ortho intramolecular Hbond substituents is 1. The van der Waals surface area contributed by atoms with Crippen LogP contribution in [0.1, 0.15) is 21.6 Å². The molecule has 1 aromatic heterocycles. The third kappa shape index (κ3) is 4.38. The van der Waals surface area contributed by atoms with Crippen LogP contribution in [0.15, 0.2) is 47.4 Å². The number of anilines is 1. The molecule has 3 aromatic rings. The number of aromatic amines is 1. The van der Waals surface area contributed by atoms with Crippen LogP contribution in [-0.2, 0) is 14.8 Å². The number of ether oxygens (including phenoxy) is 1. The zero-order chi connectivity index (χ0) is 22.9. The van der Waals surface area contributed by atoms with Crippen molar-refractivity contribution < 1.29 is 23.1 Å². The van der Waals surface area contributed by atoms with Gasteiger partial charge in [-0.05, 0) is 61.4 Å². The fraction of sp³-hybridized carbons (Fsp3) is 0.273. The number of hydrogen-bond donors (Lipinski definition) is 3. The molecule has 2 aromatic carbocycles. The van der Waals surface area contributed by atoms with Crippen molar-refractivity contribution >= 4 is 21.6 Å². The molecule has 0 aliphatic carbocycles. The molecule has 2 heterocycles. The molecule has 0 saturated carbocycles. The zero-order valence-corrected chi connectivity index (χ0v) is 18.6. The van der Waals surface area contributed by atoms with Crippen LogP contribution in [0.5, 0.6) is 5.75 Å². The van der Waals surface area contributed by atoms with Gasteiger partial charge < -0.3 is 15.2 Å².